The Morgan fingerprint density at radius 3 is 2.45 bits per heavy atom. The van der Waals surface area contributed by atoms with Gasteiger partial charge >= 0.3 is 0 Å². The summed E-state index contributed by atoms with van der Waals surface area (Å²) in [6.07, 6.45) is 2.78. The van der Waals surface area contributed by atoms with Gasteiger partial charge in [0.15, 0.2) is 0 Å². The summed E-state index contributed by atoms with van der Waals surface area (Å²) < 4.78 is 0. The van der Waals surface area contributed by atoms with Crippen molar-refractivity contribution in [2.24, 2.45) is 4.99 Å². The first-order valence-electron chi connectivity index (χ1n) is 6.72. The molecule has 1 fully saturated rings. The van der Waals surface area contributed by atoms with Crippen LogP contribution in [0.3, 0.4) is 0 Å². The molecule has 0 atom stereocenters. The number of anilines is 1. The molecule has 0 bridgehead atoms. The van der Waals surface area contributed by atoms with Gasteiger partial charge in [0.25, 0.3) is 0 Å². The smallest absolute Gasteiger partial charge is 0.221 e. The highest BCUT2D eigenvalue weighted by molar-refractivity contribution is 5.99. The summed E-state index contributed by atoms with van der Waals surface area (Å²) in [5.74, 6) is 0.655. The van der Waals surface area contributed by atoms with Crippen molar-refractivity contribution in [3.8, 4) is 6.19 Å². The molecule has 0 saturated carbocycles. The van der Waals surface area contributed by atoms with Gasteiger partial charge in [-0.3, -0.25) is 0 Å². The molecule has 0 amide bonds. The first-order valence-corrected chi connectivity index (χ1v) is 6.72. The van der Waals surface area contributed by atoms with E-state index in [0.29, 0.717) is 5.96 Å². The van der Waals surface area contributed by atoms with Gasteiger partial charge in [0, 0.05) is 29.9 Å². The Labute approximate surface area is 120 Å². The zero-order chi connectivity index (χ0) is 14.8. The first kappa shape index (κ1) is 14.1. The van der Waals surface area contributed by atoms with Gasteiger partial charge in [-0.1, -0.05) is 24.8 Å². The third-order valence-corrected chi connectivity index (χ3v) is 3.27. The Morgan fingerprint density at radius 2 is 1.90 bits per heavy atom. The van der Waals surface area contributed by atoms with Gasteiger partial charge in [0.1, 0.15) is 0 Å². The number of para-hydroxylation sites is 1. The SMILES string of the molecule is C=C1CCN(c2ccccc2)C(=NC#N)N1C(C)(C)C. The van der Waals surface area contributed by atoms with Gasteiger partial charge in [-0.25, -0.2) is 0 Å². The number of hydrogen-bond acceptors (Lipinski definition) is 2. The minimum absolute atomic E-state index is 0.166. The maximum absolute atomic E-state index is 9.03. The van der Waals surface area contributed by atoms with Crippen LogP contribution in [0.4, 0.5) is 5.69 Å². The second-order valence-electron chi connectivity index (χ2n) is 5.82. The van der Waals surface area contributed by atoms with Crippen LogP contribution >= 0.6 is 0 Å². The minimum atomic E-state index is -0.166. The van der Waals surface area contributed by atoms with E-state index >= 15 is 0 Å². The van der Waals surface area contributed by atoms with Crippen LogP contribution in [0.1, 0.15) is 27.2 Å². The lowest BCUT2D eigenvalue weighted by molar-refractivity contribution is 0.269. The van der Waals surface area contributed by atoms with E-state index in [4.69, 9.17) is 5.26 Å². The molecule has 0 unspecified atom stereocenters. The van der Waals surface area contributed by atoms with Crippen LogP contribution < -0.4 is 4.90 Å². The summed E-state index contributed by atoms with van der Waals surface area (Å²) in [7, 11) is 0. The zero-order valence-corrected chi connectivity index (χ0v) is 12.3. The van der Waals surface area contributed by atoms with E-state index in [-0.39, 0.29) is 5.54 Å². The van der Waals surface area contributed by atoms with Gasteiger partial charge in [-0.15, -0.1) is 4.99 Å². The Morgan fingerprint density at radius 1 is 1.25 bits per heavy atom. The van der Waals surface area contributed by atoms with E-state index in [1.165, 1.54) is 0 Å². The van der Waals surface area contributed by atoms with E-state index in [0.717, 1.165) is 24.4 Å². The fourth-order valence-corrected chi connectivity index (χ4v) is 2.50. The summed E-state index contributed by atoms with van der Waals surface area (Å²) in [6.45, 7) is 11.2. The highest BCUT2D eigenvalue weighted by Gasteiger charge is 2.34. The van der Waals surface area contributed by atoms with Crippen LogP contribution in [0, 0.1) is 11.5 Å². The molecule has 2 rings (SSSR count). The van der Waals surface area contributed by atoms with Crippen molar-refractivity contribution in [3.05, 3.63) is 42.6 Å². The largest absolute Gasteiger partial charge is 0.311 e. The Bertz CT molecular complexity index is 560. The second-order valence-corrected chi connectivity index (χ2v) is 5.82. The van der Waals surface area contributed by atoms with Gasteiger partial charge < -0.3 is 9.80 Å². The van der Waals surface area contributed by atoms with E-state index in [2.05, 4.69) is 37.2 Å². The molecule has 0 radical (unpaired) electrons. The quantitative estimate of drug-likeness (QED) is 0.734. The Kier molecular flexibility index (Phi) is 3.80. The summed E-state index contributed by atoms with van der Waals surface area (Å²) in [5, 5.41) is 9.03. The number of benzene rings is 1. The third kappa shape index (κ3) is 2.67. The van der Waals surface area contributed by atoms with Crippen LogP contribution in [0.5, 0.6) is 0 Å². The van der Waals surface area contributed by atoms with Crippen molar-refractivity contribution in [3.63, 3.8) is 0 Å². The summed E-state index contributed by atoms with van der Waals surface area (Å²) in [4.78, 5) is 8.17. The molecule has 4 heteroatoms. The first-order chi connectivity index (χ1) is 9.45. The number of aliphatic imine (C=N–C) groups is 1. The Hall–Kier alpha value is -2.28. The lowest BCUT2D eigenvalue weighted by Gasteiger charge is -2.46. The van der Waals surface area contributed by atoms with Gasteiger partial charge in [-0.2, -0.15) is 5.26 Å². The van der Waals surface area contributed by atoms with Crippen molar-refractivity contribution in [1.82, 2.24) is 4.90 Å². The molecule has 1 saturated heterocycles. The van der Waals surface area contributed by atoms with Crippen LogP contribution in [-0.4, -0.2) is 22.9 Å². The maximum Gasteiger partial charge on any atom is 0.221 e. The van der Waals surface area contributed by atoms with Crippen molar-refractivity contribution in [2.75, 3.05) is 11.4 Å². The normalized spacial score (nSPS) is 18.3. The number of nitrogens with zero attached hydrogens (tertiary/aromatic N) is 4. The topological polar surface area (TPSA) is 42.6 Å². The fourth-order valence-electron chi connectivity index (χ4n) is 2.50. The summed E-state index contributed by atoms with van der Waals surface area (Å²) in [5.41, 5.74) is 1.88. The molecule has 1 aromatic rings. The Balaban J connectivity index is 2.47. The molecule has 4 nitrogen and oxygen atoms in total. The molecule has 0 aliphatic carbocycles. The van der Waals surface area contributed by atoms with E-state index in [1.54, 1.807) is 0 Å². The van der Waals surface area contributed by atoms with Crippen LogP contribution in [0.2, 0.25) is 0 Å². The van der Waals surface area contributed by atoms with E-state index in [1.807, 2.05) is 41.4 Å². The standard InChI is InChI=1S/C16H20N4/c1-13-10-11-19(14-8-6-5-7-9-14)15(18-12-17)20(13)16(2,3)4/h5-9H,1,10-11H2,2-4H3. The average molecular weight is 268 g/mol. The highest BCUT2D eigenvalue weighted by Crippen LogP contribution is 2.30. The molecule has 0 aromatic heterocycles. The van der Waals surface area contributed by atoms with Gasteiger partial charge in [0.2, 0.25) is 12.2 Å². The molecule has 0 N–H and O–H groups in total. The monoisotopic (exact) mass is 268 g/mol. The van der Waals surface area contributed by atoms with Crippen molar-refractivity contribution in [1.29, 1.82) is 5.26 Å². The number of nitriles is 1. The van der Waals surface area contributed by atoms with Crippen LogP contribution in [-0.2, 0) is 0 Å². The minimum Gasteiger partial charge on any atom is -0.311 e. The molecule has 104 valence electrons. The van der Waals surface area contributed by atoms with Gasteiger partial charge in [-0.05, 0) is 32.9 Å². The predicted molar refractivity (Wildman–Crippen MR) is 82.2 cm³/mol. The van der Waals surface area contributed by atoms with Crippen molar-refractivity contribution < 1.29 is 0 Å². The maximum atomic E-state index is 9.03. The van der Waals surface area contributed by atoms with Crippen molar-refractivity contribution >= 4 is 11.6 Å². The fraction of sp³-hybridized carbons (Fsp3) is 0.375. The highest BCUT2D eigenvalue weighted by atomic mass is 15.4. The lowest BCUT2D eigenvalue weighted by Crippen LogP contribution is -2.56. The zero-order valence-electron chi connectivity index (χ0n) is 12.3. The summed E-state index contributed by atoms with van der Waals surface area (Å²) >= 11 is 0. The predicted octanol–water partition coefficient (Wildman–Crippen LogP) is 3.35. The molecule has 0 spiro atoms. The molecule has 20 heavy (non-hydrogen) atoms. The molecule has 1 aliphatic rings. The molecular weight excluding hydrogens is 248 g/mol. The molecule has 1 aromatic carbocycles. The van der Waals surface area contributed by atoms with Crippen LogP contribution in [0.15, 0.2) is 47.6 Å². The van der Waals surface area contributed by atoms with E-state index in [9.17, 15) is 0 Å². The lowest BCUT2D eigenvalue weighted by atomic mass is 10.0. The van der Waals surface area contributed by atoms with Crippen molar-refractivity contribution in [2.45, 2.75) is 32.7 Å². The third-order valence-electron chi connectivity index (χ3n) is 3.27. The number of rotatable bonds is 1. The van der Waals surface area contributed by atoms with Crippen LogP contribution in [0.25, 0.3) is 0 Å². The molecule has 1 aliphatic heterocycles. The van der Waals surface area contributed by atoms with Gasteiger partial charge in [0.05, 0.1) is 0 Å². The second kappa shape index (κ2) is 5.38. The molecule has 1 heterocycles. The number of guanidine groups is 1. The number of hydrogen-bond donors (Lipinski definition) is 0. The molecular formula is C16H20N4. The average Bonchev–Trinajstić information content (AvgIpc) is 2.39. The summed E-state index contributed by atoms with van der Waals surface area (Å²) in [6, 6.07) is 10.0. The van der Waals surface area contributed by atoms with E-state index < -0.39 is 0 Å².